The van der Waals surface area contributed by atoms with Crippen LogP contribution in [0.3, 0.4) is 0 Å². The highest BCUT2D eigenvalue weighted by atomic mass is 16.6. The summed E-state index contributed by atoms with van der Waals surface area (Å²) in [5, 5.41) is 0. The fourth-order valence-electron chi connectivity index (χ4n) is 0.962. The first-order valence-electron chi connectivity index (χ1n) is 3.45. The van der Waals surface area contributed by atoms with Gasteiger partial charge in [-0.3, -0.25) is 0 Å². The van der Waals surface area contributed by atoms with Crippen molar-refractivity contribution in [2.45, 2.75) is 19.1 Å². The molecule has 1 fully saturated rings. The maximum absolute atomic E-state index is 5.28. The van der Waals surface area contributed by atoms with Crippen molar-refractivity contribution >= 4 is 0 Å². The van der Waals surface area contributed by atoms with E-state index in [2.05, 4.69) is 28.1 Å². The summed E-state index contributed by atoms with van der Waals surface area (Å²) < 4.78 is 6.29. The second-order valence-electron chi connectivity index (χ2n) is 3.85. The molecule has 0 N–H and O–H groups in total. The Morgan fingerprint density at radius 2 is 1.78 bits per heavy atom. The summed E-state index contributed by atoms with van der Waals surface area (Å²) in [6.45, 7) is 3.27. The Hall–Kier alpha value is -0.0800. The first-order valence-corrected chi connectivity index (χ1v) is 3.45. The Morgan fingerprint density at radius 3 is 1.89 bits per heavy atom. The SMILES string of the molecule is CC1OC1C[N+](C)(C)C. The summed E-state index contributed by atoms with van der Waals surface area (Å²) in [5.41, 5.74) is 0. The molecule has 2 heteroatoms. The van der Waals surface area contributed by atoms with E-state index in [1.807, 2.05) is 0 Å². The van der Waals surface area contributed by atoms with Crippen LogP contribution in [0.2, 0.25) is 0 Å². The second kappa shape index (κ2) is 1.96. The van der Waals surface area contributed by atoms with Crippen LogP contribution in [0.5, 0.6) is 0 Å². The van der Waals surface area contributed by atoms with Gasteiger partial charge in [-0.1, -0.05) is 0 Å². The van der Waals surface area contributed by atoms with E-state index in [1.165, 1.54) is 0 Å². The molecular weight excluding hydrogens is 114 g/mol. The number of rotatable bonds is 2. The molecule has 1 aliphatic rings. The number of likely N-dealkylation sites (N-methyl/N-ethyl adjacent to an activating group) is 1. The number of nitrogens with zero attached hydrogens (tertiary/aromatic N) is 1. The van der Waals surface area contributed by atoms with Gasteiger partial charge in [-0.25, -0.2) is 0 Å². The molecular formula is C7H16NO+. The standard InChI is InChI=1S/C7H16NO/c1-6-7(9-6)5-8(2,3)4/h6-7H,5H2,1-4H3/q+1. The van der Waals surface area contributed by atoms with Crippen LogP contribution in [-0.2, 0) is 4.74 Å². The van der Waals surface area contributed by atoms with Gasteiger partial charge in [0.15, 0.2) is 0 Å². The zero-order chi connectivity index (χ0) is 7.07. The molecule has 2 nitrogen and oxygen atoms in total. The second-order valence-corrected chi connectivity index (χ2v) is 3.85. The molecule has 1 rings (SSSR count). The van der Waals surface area contributed by atoms with E-state index in [0.717, 1.165) is 11.0 Å². The third-order valence-corrected chi connectivity index (χ3v) is 1.56. The fourth-order valence-corrected chi connectivity index (χ4v) is 0.962. The number of epoxide rings is 1. The molecule has 1 aliphatic heterocycles. The zero-order valence-electron chi connectivity index (χ0n) is 6.72. The van der Waals surface area contributed by atoms with Crippen molar-refractivity contribution in [1.29, 1.82) is 0 Å². The van der Waals surface area contributed by atoms with Crippen LogP contribution in [-0.4, -0.2) is 44.4 Å². The largest absolute Gasteiger partial charge is 0.364 e. The molecule has 0 aromatic heterocycles. The zero-order valence-corrected chi connectivity index (χ0v) is 6.72. The first kappa shape index (κ1) is 7.03. The molecule has 0 radical (unpaired) electrons. The fraction of sp³-hybridized carbons (Fsp3) is 1.00. The molecule has 54 valence electrons. The third kappa shape index (κ3) is 2.33. The summed E-state index contributed by atoms with van der Waals surface area (Å²) >= 11 is 0. The van der Waals surface area contributed by atoms with E-state index in [0.29, 0.717) is 12.2 Å². The highest BCUT2D eigenvalue weighted by Crippen LogP contribution is 2.22. The highest BCUT2D eigenvalue weighted by molar-refractivity contribution is 4.79. The monoisotopic (exact) mass is 130 g/mol. The maximum atomic E-state index is 5.28. The van der Waals surface area contributed by atoms with Crippen LogP contribution in [0.15, 0.2) is 0 Å². The predicted octanol–water partition coefficient (Wildman–Crippen LogP) is 0.480. The Balaban J connectivity index is 2.19. The lowest BCUT2D eigenvalue weighted by Gasteiger charge is -2.22. The van der Waals surface area contributed by atoms with Gasteiger partial charge in [0, 0.05) is 0 Å². The Morgan fingerprint density at radius 1 is 1.33 bits per heavy atom. The van der Waals surface area contributed by atoms with E-state index >= 15 is 0 Å². The molecule has 9 heavy (non-hydrogen) atoms. The summed E-state index contributed by atoms with van der Waals surface area (Å²) in [5.74, 6) is 0. The molecule has 0 amide bonds. The van der Waals surface area contributed by atoms with Crippen LogP contribution in [0.4, 0.5) is 0 Å². The Bertz CT molecular complexity index is 106. The van der Waals surface area contributed by atoms with Gasteiger partial charge in [-0.05, 0) is 6.92 Å². The van der Waals surface area contributed by atoms with Crippen LogP contribution >= 0.6 is 0 Å². The van der Waals surface area contributed by atoms with E-state index < -0.39 is 0 Å². The van der Waals surface area contributed by atoms with Crippen LogP contribution in [0.1, 0.15) is 6.92 Å². The molecule has 2 atom stereocenters. The topological polar surface area (TPSA) is 12.5 Å². The molecule has 1 heterocycles. The smallest absolute Gasteiger partial charge is 0.133 e. The first-order chi connectivity index (χ1) is 3.99. The molecule has 0 aliphatic carbocycles. The number of ether oxygens (including phenoxy) is 1. The lowest BCUT2D eigenvalue weighted by atomic mass is 10.3. The van der Waals surface area contributed by atoms with Gasteiger partial charge in [-0.15, -0.1) is 0 Å². The average Bonchev–Trinajstić information content (AvgIpc) is 2.13. The van der Waals surface area contributed by atoms with Crippen molar-refractivity contribution in [3.8, 4) is 0 Å². The minimum atomic E-state index is 0.516. The Kier molecular flexibility index (Phi) is 1.53. The van der Waals surface area contributed by atoms with Crippen LogP contribution < -0.4 is 0 Å². The van der Waals surface area contributed by atoms with Crippen molar-refractivity contribution in [2.24, 2.45) is 0 Å². The van der Waals surface area contributed by atoms with Gasteiger partial charge in [-0.2, -0.15) is 0 Å². The highest BCUT2D eigenvalue weighted by Gasteiger charge is 2.38. The number of hydrogen-bond donors (Lipinski definition) is 0. The minimum absolute atomic E-state index is 0.516. The van der Waals surface area contributed by atoms with Crippen molar-refractivity contribution < 1.29 is 9.22 Å². The van der Waals surface area contributed by atoms with Crippen LogP contribution in [0, 0.1) is 0 Å². The minimum Gasteiger partial charge on any atom is -0.364 e. The van der Waals surface area contributed by atoms with Gasteiger partial charge >= 0.3 is 0 Å². The average molecular weight is 130 g/mol. The third-order valence-electron chi connectivity index (χ3n) is 1.56. The van der Waals surface area contributed by atoms with Crippen molar-refractivity contribution in [3.63, 3.8) is 0 Å². The summed E-state index contributed by atoms with van der Waals surface area (Å²) in [4.78, 5) is 0. The summed E-state index contributed by atoms with van der Waals surface area (Å²) in [6.07, 6.45) is 1.05. The van der Waals surface area contributed by atoms with Gasteiger partial charge in [0.2, 0.25) is 0 Å². The van der Waals surface area contributed by atoms with E-state index in [4.69, 9.17) is 4.74 Å². The molecule has 0 spiro atoms. The lowest BCUT2D eigenvalue weighted by molar-refractivity contribution is -0.870. The maximum Gasteiger partial charge on any atom is 0.133 e. The molecule has 0 saturated carbocycles. The number of quaternary nitrogens is 1. The summed E-state index contributed by atoms with van der Waals surface area (Å²) in [7, 11) is 6.57. The van der Waals surface area contributed by atoms with Crippen molar-refractivity contribution in [2.75, 3.05) is 27.7 Å². The molecule has 0 bridgehead atoms. The van der Waals surface area contributed by atoms with Gasteiger partial charge in [0.1, 0.15) is 12.6 Å². The van der Waals surface area contributed by atoms with Crippen molar-refractivity contribution in [3.05, 3.63) is 0 Å². The van der Waals surface area contributed by atoms with E-state index in [9.17, 15) is 0 Å². The van der Waals surface area contributed by atoms with Gasteiger partial charge in [0.25, 0.3) is 0 Å². The quantitative estimate of drug-likeness (QED) is 0.391. The number of hydrogen-bond acceptors (Lipinski definition) is 1. The van der Waals surface area contributed by atoms with Gasteiger partial charge in [0.05, 0.1) is 27.2 Å². The molecule has 0 aromatic carbocycles. The van der Waals surface area contributed by atoms with E-state index in [1.54, 1.807) is 0 Å². The van der Waals surface area contributed by atoms with Crippen molar-refractivity contribution in [1.82, 2.24) is 0 Å². The van der Waals surface area contributed by atoms with Gasteiger partial charge < -0.3 is 9.22 Å². The van der Waals surface area contributed by atoms with E-state index in [-0.39, 0.29) is 0 Å². The Labute approximate surface area is 57.0 Å². The lowest BCUT2D eigenvalue weighted by Crippen LogP contribution is -2.38. The summed E-state index contributed by atoms with van der Waals surface area (Å²) in [6, 6.07) is 0. The van der Waals surface area contributed by atoms with Crippen LogP contribution in [0.25, 0.3) is 0 Å². The molecule has 0 aromatic rings. The predicted molar refractivity (Wildman–Crippen MR) is 37.2 cm³/mol. The molecule has 2 unspecified atom stereocenters. The molecule has 1 saturated heterocycles. The normalized spacial score (nSPS) is 34.7.